The van der Waals surface area contributed by atoms with E-state index in [1.807, 2.05) is 13.0 Å². The maximum absolute atomic E-state index is 12.1. The number of para-hydroxylation sites is 1. The van der Waals surface area contributed by atoms with Crippen molar-refractivity contribution in [3.05, 3.63) is 42.5 Å². The number of nitrogens with zero attached hydrogens (tertiary/aromatic N) is 1. The number of amides is 1. The Hall–Kier alpha value is -3.81. The number of carbonyl (C=O) groups excluding carboxylic acids is 2. The lowest BCUT2D eigenvalue weighted by Gasteiger charge is -2.16. The normalized spacial score (nSPS) is 10.5. The summed E-state index contributed by atoms with van der Waals surface area (Å²) in [5, 5.41) is 16.6. The second kappa shape index (κ2) is 9.13. The van der Waals surface area contributed by atoms with Gasteiger partial charge in [0.2, 0.25) is 5.91 Å². The lowest BCUT2D eigenvalue weighted by Crippen LogP contribution is -2.13. The van der Waals surface area contributed by atoms with E-state index in [1.165, 1.54) is 20.1 Å². The number of aromatic nitrogens is 1. The van der Waals surface area contributed by atoms with Crippen LogP contribution < -0.4 is 20.1 Å². The molecule has 0 radical (unpaired) electrons. The van der Waals surface area contributed by atoms with Gasteiger partial charge in [-0.25, -0.2) is 4.98 Å². The van der Waals surface area contributed by atoms with Gasteiger partial charge in [0.25, 0.3) is 0 Å². The molecule has 0 fully saturated rings. The zero-order chi connectivity index (χ0) is 21.7. The van der Waals surface area contributed by atoms with Gasteiger partial charge in [0, 0.05) is 24.8 Å². The van der Waals surface area contributed by atoms with Crippen molar-refractivity contribution in [3.63, 3.8) is 0 Å². The lowest BCUT2D eigenvalue weighted by atomic mass is 10.2. The fraction of sp³-hybridized carbons (Fsp3) is 0.227. The number of fused-ring (bicyclic) bond motifs is 1. The van der Waals surface area contributed by atoms with Gasteiger partial charge in [-0.2, -0.15) is 0 Å². The first-order valence-electron chi connectivity index (χ1n) is 9.47. The van der Waals surface area contributed by atoms with Crippen LogP contribution in [0.2, 0.25) is 0 Å². The lowest BCUT2D eigenvalue weighted by molar-refractivity contribution is -0.134. The van der Waals surface area contributed by atoms with E-state index in [1.54, 1.807) is 30.3 Å². The van der Waals surface area contributed by atoms with Crippen LogP contribution in [0, 0.1) is 0 Å². The van der Waals surface area contributed by atoms with Gasteiger partial charge in [0.1, 0.15) is 5.82 Å². The number of ether oxygens (including phenoxy) is 2. The van der Waals surface area contributed by atoms with Crippen molar-refractivity contribution in [1.82, 2.24) is 4.98 Å². The van der Waals surface area contributed by atoms with Crippen molar-refractivity contribution in [2.45, 2.75) is 26.7 Å². The minimum absolute atomic E-state index is 0.0171. The van der Waals surface area contributed by atoms with Crippen LogP contribution in [0.1, 0.15) is 26.7 Å². The van der Waals surface area contributed by atoms with Crippen molar-refractivity contribution < 1.29 is 24.2 Å². The number of anilines is 3. The Balaban J connectivity index is 1.98. The topological polar surface area (TPSA) is 110 Å². The maximum atomic E-state index is 12.1. The van der Waals surface area contributed by atoms with Crippen LogP contribution in [0.25, 0.3) is 10.9 Å². The Bertz CT molecular complexity index is 1100. The van der Waals surface area contributed by atoms with E-state index < -0.39 is 5.97 Å². The number of methoxy groups -OCH3 is 1. The number of carbonyl (C=O) groups is 2. The quantitative estimate of drug-likeness (QED) is 0.393. The Morgan fingerprint density at radius 3 is 2.60 bits per heavy atom. The summed E-state index contributed by atoms with van der Waals surface area (Å²) in [6.07, 6.45) is 0.895. The molecule has 3 rings (SSSR count). The number of nitrogens with one attached hydrogen (secondary N) is 2. The molecule has 0 aliphatic heterocycles. The number of hydrogen-bond donors (Lipinski definition) is 3. The number of hydrogen-bond acceptors (Lipinski definition) is 7. The van der Waals surface area contributed by atoms with Crippen LogP contribution in [-0.4, -0.2) is 29.1 Å². The van der Waals surface area contributed by atoms with Gasteiger partial charge in [-0.1, -0.05) is 13.0 Å². The fourth-order valence-corrected chi connectivity index (χ4v) is 2.91. The van der Waals surface area contributed by atoms with E-state index in [-0.39, 0.29) is 23.8 Å². The first-order valence-corrected chi connectivity index (χ1v) is 9.47. The van der Waals surface area contributed by atoms with E-state index in [9.17, 15) is 14.7 Å². The fourth-order valence-electron chi connectivity index (χ4n) is 2.91. The van der Waals surface area contributed by atoms with Gasteiger partial charge in [-0.15, -0.1) is 0 Å². The highest BCUT2D eigenvalue weighted by Gasteiger charge is 2.16. The molecule has 1 heterocycles. The molecule has 0 unspecified atom stereocenters. The van der Waals surface area contributed by atoms with Crippen molar-refractivity contribution in [3.8, 4) is 17.2 Å². The van der Waals surface area contributed by atoms with Gasteiger partial charge in [0.05, 0.1) is 24.0 Å². The maximum Gasteiger partial charge on any atom is 0.311 e. The predicted molar refractivity (Wildman–Crippen MR) is 115 cm³/mol. The number of rotatable bonds is 7. The standard InChI is InChI=1S/C22H23N3O5/c1-4-6-21(28)30-22-15(23-13(2)26)7-5-8-16(22)24-20-10-9-14-11-19(29-3)18(27)12-17(14)25-20/h5,7-12,27H,4,6H2,1-3H3,(H,23,26)(H,24,25). The first-order chi connectivity index (χ1) is 14.4. The van der Waals surface area contributed by atoms with Crippen LogP contribution in [0.4, 0.5) is 17.2 Å². The average molecular weight is 409 g/mol. The van der Waals surface area contributed by atoms with E-state index >= 15 is 0 Å². The minimum Gasteiger partial charge on any atom is -0.504 e. The van der Waals surface area contributed by atoms with Crippen LogP contribution >= 0.6 is 0 Å². The molecule has 3 aromatic rings. The van der Waals surface area contributed by atoms with E-state index in [2.05, 4.69) is 15.6 Å². The highest BCUT2D eigenvalue weighted by atomic mass is 16.5. The largest absolute Gasteiger partial charge is 0.504 e. The molecule has 1 amide bonds. The van der Waals surface area contributed by atoms with Gasteiger partial charge in [-0.05, 0) is 36.8 Å². The molecule has 0 atom stereocenters. The molecule has 0 aliphatic rings. The number of esters is 1. The van der Waals surface area contributed by atoms with Gasteiger partial charge < -0.3 is 25.2 Å². The number of pyridine rings is 1. The van der Waals surface area contributed by atoms with E-state index in [4.69, 9.17) is 9.47 Å². The van der Waals surface area contributed by atoms with Gasteiger partial charge in [0.15, 0.2) is 17.2 Å². The minimum atomic E-state index is -0.401. The molecule has 2 aromatic carbocycles. The van der Waals surface area contributed by atoms with E-state index in [0.717, 1.165) is 5.39 Å². The summed E-state index contributed by atoms with van der Waals surface area (Å²) in [5.41, 5.74) is 1.40. The van der Waals surface area contributed by atoms with Gasteiger partial charge in [-0.3, -0.25) is 9.59 Å². The summed E-state index contributed by atoms with van der Waals surface area (Å²) in [7, 11) is 1.48. The molecule has 0 saturated heterocycles. The first kappa shape index (κ1) is 20.9. The third-order valence-corrected chi connectivity index (χ3v) is 4.25. The van der Waals surface area contributed by atoms with Crippen LogP contribution in [0.3, 0.4) is 0 Å². The summed E-state index contributed by atoms with van der Waals surface area (Å²) in [6.45, 7) is 3.26. The number of aromatic hydroxyl groups is 1. The summed E-state index contributed by atoms with van der Waals surface area (Å²) in [6, 6.07) is 11.9. The molecular weight excluding hydrogens is 386 g/mol. The Morgan fingerprint density at radius 2 is 1.90 bits per heavy atom. The summed E-state index contributed by atoms with van der Waals surface area (Å²) >= 11 is 0. The zero-order valence-corrected chi connectivity index (χ0v) is 17.0. The third-order valence-electron chi connectivity index (χ3n) is 4.25. The summed E-state index contributed by atoms with van der Waals surface area (Å²) in [5.74, 6) is 0.343. The molecule has 156 valence electrons. The number of benzene rings is 2. The number of phenolic OH excluding ortho intramolecular Hbond substituents is 1. The molecule has 0 saturated carbocycles. The monoisotopic (exact) mass is 409 g/mol. The number of phenols is 1. The highest BCUT2D eigenvalue weighted by Crippen LogP contribution is 2.36. The molecule has 0 spiro atoms. The Morgan fingerprint density at radius 1 is 1.13 bits per heavy atom. The summed E-state index contributed by atoms with van der Waals surface area (Å²) < 4.78 is 10.6. The van der Waals surface area contributed by atoms with E-state index in [0.29, 0.717) is 34.9 Å². The second-order valence-corrected chi connectivity index (χ2v) is 6.63. The molecule has 8 heteroatoms. The van der Waals surface area contributed by atoms with Crippen molar-refractivity contribution in [2.24, 2.45) is 0 Å². The molecule has 0 aliphatic carbocycles. The van der Waals surface area contributed by atoms with Gasteiger partial charge >= 0.3 is 5.97 Å². The van der Waals surface area contributed by atoms with Crippen molar-refractivity contribution in [1.29, 1.82) is 0 Å². The highest BCUT2D eigenvalue weighted by molar-refractivity contribution is 5.94. The Labute approximate surface area is 173 Å². The van der Waals surface area contributed by atoms with Crippen molar-refractivity contribution in [2.75, 3.05) is 17.7 Å². The predicted octanol–water partition coefficient (Wildman–Crippen LogP) is 4.36. The molecule has 1 aromatic heterocycles. The molecule has 0 bridgehead atoms. The van der Waals surface area contributed by atoms with Crippen LogP contribution in [0.15, 0.2) is 42.5 Å². The zero-order valence-electron chi connectivity index (χ0n) is 17.0. The second-order valence-electron chi connectivity index (χ2n) is 6.63. The smallest absolute Gasteiger partial charge is 0.311 e. The molecule has 30 heavy (non-hydrogen) atoms. The SMILES string of the molecule is CCCC(=O)Oc1c(NC(C)=O)cccc1Nc1ccc2cc(OC)c(O)cc2n1. The van der Waals surface area contributed by atoms with Crippen LogP contribution in [0.5, 0.6) is 17.2 Å². The van der Waals surface area contributed by atoms with Crippen molar-refractivity contribution >= 4 is 40.0 Å². The molecule has 8 nitrogen and oxygen atoms in total. The summed E-state index contributed by atoms with van der Waals surface area (Å²) in [4.78, 5) is 28.2. The molecule has 3 N–H and O–H groups in total. The average Bonchev–Trinajstić information content (AvgIpc) is 2.69. The Kier molecular flexibility index (Phi) is 6.36. The third kappa shape index (κ3) is 4.78. The molecular formula is C22H23N3O5. The van der Waals surface area contributed by atoms with Crippen LogP contribution in [-0.2, 0) is 9.59 Å².